The third-order valence-electron chi connectivity index (χ3n) is 3.45. The molecule has 2 amide bonds. The molecule has 0 spiro atoms. The van der Waals surface area contributed by atoms with Gasteiger partial charge in [0.05, 0.1) is 11.8 Å². The molecule has 0 aromatic carbocycles. The van der Waals surface area contributed by atoms with Gasteiger partial charge in [-0.25, -0.2) is 4.79 Å². The third kappa shape index (κ3) is 6.41. The number of aryl methyl sites for hydroxylation is 1. The lowest BCUT2D eigenvalue weighted by Gasteiger charge is -2.08. The van der Waals surface area contributed by atoms with Gasteiger partial charge in [-0.3, -0.25) is 19.0 Å². The number of aromatic nitrogens is 4. The van der Waals surface area contributed by atoms with Crippen molar-refractivity contribution in [3.05, 3.63) is 35.9 Å². The number of carboxylic acids is 1. The van der Waals surface area contributed by atoms with Crippen LogP contribution >= 0.6 is 0 Å². The zero-order valence-corrected chi connectivity index (χ0v) is 14.4. The number of hydrogen-bond acceptors (Lipinski definition) is 5. The van der Waals surface area contributed by atoms with Crippen LogP contribution in [0.5, 0.6) is 0 Å². The average molecular weight is 402 g/mol. The summed E-state index contributed by atoms with van der Waals surface area (Å²) >= 11 is 0. The summed E-state index contributed by atoms with van der Waals surface area (Å²) in [6, 6.07) is 0.770. The molecule has 0 saturated heterocycles. The minimum Gasteiger partial charge on any atom is -0.478 e. The molecule has 2 aromatic rings. The molecule has 10 nitrogen and oxygen atoms in total. The smallest absolute Gasteiger partial charge is 0.435 e. The number of nitrogens with one attached hydrogen (secondary N) is 2. The summed E-state index contributed by atoms with van der Waals surface area (Å²) in [4.78, 5) is 34.1. The largest absolute Gasteiger partial charge is 0.478 e. The molecule has 28 heavy (non-hydrogen) atoms. The molecule has 0 radical (unpaired) electrons. The molecule has 0 aliphatic rings. The zero-order chi connectivity index (χ0) is 20.7. The van der Waals surface area contributed by atoms with Crippen molar-refractivity contribution in [2.75, 3.05) is 13.1 Å². The predicted octanol–water partition coefficient (Wildman–Crippen LogP) is 0.119. The second kappa shape index (κ2) is 9.01. The van der Waals surface area contributed by atoms with E-state index in [2.05, 4.69) is 20.8 Å². The van der Waals surface area contributed by atoms with Crippen LogP contribution in [0.1, 0.15) is 22.5 Å². The van der Waals surface area contributed by atoms with Crippen LogP contribution < -0.4 is 10.6 Å². The molecule has 0 fully saturated rings. The van der Waals surface area contributed by atoms with E-state index in [1.165, 1.54) is 17.1 Å². The Labute approximate surface area is 156 Å². The number of carbonyl (C=O) groups is 3. The highest BCUT2D eigenvalue weighted by atomic mass is 19.4. The summed E-state index contributed by atoms with van der Waals surface area (Å²) in [5.41, 5.74) is -1.07. The molecule has 0 bridgehead atoms. The van der Waals surface area contributed by atoms with E-state index in [9.17, 15) is 27.6 Å². The molecular weight excluding hydrogens is 385 g/mol. The number of aromatic carboxylic acids is 1. The van der Waals surface area contributed by atoms with Crippen molar-refractivity contribution in [1.29, 1.82) is 0 Å². The zero-order valence-electron chi connectivity index (χ0n) is 14.4. The van der Waals surface area contributed by atoms with Crippen LogP contribution in [-0.2, 0) is 28.9 Å². The molecule has 0 unspecified atom stereocenters. The topological polar surface area (TPSA) is 131 Å². The van der Waals surface area contributed by atoms with Gasteiger partial charge in [-0.1, -0.05) is 0 Å². The monoisotopic (exact) mass is 402 g/mol. The lowest BCUT2D eigenvalue weighted by atomic mass is 10.3. The molecule has 0 aliphatic carbocycles. The molecule has 0 aliphatic heterocycles. The van der Waals surface area contributed by atoms with Crippen LogP contribution in [0.2, 0.25) is 0 Å². The molecule has 2 rings (SSSR count). The van der Waals surface area contributed by atoms with Gasteiger partial charge in [0, 0.05) is 38.4 Å². The second-order valence-electron chi connectivity index (χ2n) is 5.64. The number of nitrogens with zero attached hydrogens (tertiary/aromatic N) is 4. The molecule has 3 N–H and O–H groups in total. The number of alkyl halides is 3. The van der Waals surface area contributed by atoms with Gasteiger partial charge in [-0.05, 0) is 6.07 Å². The van der Waals surface area contributed by atoms with Crippen molar-refractivity contribution >= 4 is 17.8 Å². The fourth-order valence-corrected chi connectivity index (χ4v) is 2.11. The molecule has 0 saturated carbocycles. The maximum Gasteiger partial charge on any atom is 0.435 e. The minimum atomic E-state index is -4.57. The Kier molecular flexibility index (Phi) is 6.74. The van der Waals surface area contributed by atoms with Crippen LogP contribution in [0, 0.1) is 0 Å². The Morgan fingerprint density at radius 2 is 1.79 bits per heavy atom. The van der Waals surface area contributed by atoms with Crippen LogP contribution in [0.3, 0.4) is 0 Å². The highest BCUT2D eigenvalue weighted by Crippen LogP contribution is 2.27. The summed E-state index contributed by atoms with van der Waals surface area (Å²) in [7, 11) is 0. The lowest BCUT2D eigenvalue weighted by molar-refractivity contribution is -0.141. The molecular formula is C15H17F3N6O4. The number of rotatable bonds is 9. The summed E-state index contributed by atoms with van der Waals surface area (Å²) in [5, 5.41) is 20.8. The summed E-state index contributed by atoms with van der Waals surface area (Å²) in [6.07, 6.45) is -0.989. The van der Waals surface area contributed by atoms with E-state index in [1.54, 1.807) is 0 Å². The van der Waals surface area contributed by atoms with Gasteiger partial charge in [0.1, 0.15) is 6.54 Å². The van der Waals surface area contributed by atoms with E-state index in [0.717, 1.165) is 16.9 Å². The van der Waals surface area contributed by atoms with Gasteiger partial charge in [-0.15, -0.1) is 0 Å². The van der Waals surface area contributed by atoms with Crippen molar-refractivity contribution in [3.63, 3.8) is 0 Å². The Bertz CT molecular complexity index is 845. The quantitative estimate of drug-likeness (QED) is 0.511. The second-order valence-corrected chi connectivity index (χ2v) is 5.64. The van der Waals surface area contributed by atoms with E-state index in [4.69, 9.17) is 5.11 Å². The molecule has 2 aromatic heterocycles. The SMILES string of the molecule is O=C(CCn1cc(C(=O)O)cn1)NCCNC(=O)Cn1ccc(C(F)(F)F)n1. The highest BCUT2D eigenvalue weighted by Gasteiger charge is 2.33. The molecule has 13 heteroatoms. The fourth-order valence-electron chi connectivity index (χ4n) is 2.11. The van der Waals surface area contributed by atoms with E-state index >= 15 is 0 Å². The van der Waals surface area contributed by atoms with Crippen molar-refractivity contribution in [3.8, 4) is 0 Å². The molecule has 2 heterocycles. The van der Waals surface area contributed by atoms with Crippen molar-refractivity contribution < 1.29 is 32.7 Å². The van der Waals surface area contributed by atoms with Crippen LogP contribution in [0.25, 0.3) is 0 Å². The highest BCUT2D eigenvalue weighted by molar-refractivity contribution is 5.86. The minimum absolute atomic E-state index is 0.0163. The van der Waals surface area contributed by atoms with Gasteiger partial charge >= 0.3 is 12.1 Å². The Hall–Kier alpha value is -3.38. The van der Waals surface area contributed by atoms with Gasteiger partial charge in [0.2, 0.25) is 11.8 Å². The first-order chi connectivity index (χ1) is 13.1. The average Bonchev–Trinajstić information content (AvgIpc) is 3.26. The fraction of sp³-hybridized carbons (Fsp3) is 0.400. The third-order valence-corrected chi connectivity index (χ3v) is 3.45. The number of halogens is 3. The first-order valence-corrected chi connectivity index (χ1v) is 8.05. The molecule has 0 atom stereocenters. The summed E-state index contributed by atoms with van der Waals surface area (Å²) in [5.74, 6) is -2.00. The van der Waals surface area contributed by atoms with Crippen molar-refractivity contribution in [2.45, 2.75) is 25.7 Å². The number of hydrogen-bond donors (Lipinski definition) is 3. The maximum absolute atomic E-state index is 12.4. The number of carboxylic acid groups (broad SMARTS) is 1. The van der Waals surface area contributed by atoms with Gasteiger partial charge < -0.3 is 15.7 Å². The number of carbonyl (C=O) groups excluding carboxylic acids is 2. The van der Waals surface area contributed by atoms with Gasteiger partial charge in [0.15, 0.2) is 5.69 Å². The Balaban J connectivity index is 1.62. The Morgan fingerprint density at radius 1 is 1.11 bits per heavy atom. The number of amides is 2. The van der Waals surface area contributed by atoms with E-state index in [0.29, 0.717) is 0 Å². The van der Waals surface area contributed by atoms with Crippen molar-refractivity contribution in [1.82, 2.24) is 30.2 Å². The first kappa shape index (κ1) is 20.9. The predicted molar refractivity (Wildman–Crippen MR) is 87.1 cm³/mol. The maximum atomic E-state index is 12.4. The first-order valence-electron chi connectivity index (χ1n) is 8.05. The summed E-state index contributed by atoms with van der Waals surface area (Å²) in [6.45, 7) is 0.0153. The van der Waals surface area contributed by atoms with E-state index in [1.807, 2.05) is 0 Å². The summed E-state index contributed by atoms with van der Waals surface area (Å²) < 4.78 is 39.5. The van der Waals surface area contributed by atoms with Crippen LogP contribution in [0.4, 0.5) is 13.2 Å². The van der Waals surface area contributed by atoms with Gasteiger partial charge in [0.25, 0.3) is 0 Å². The van der Waals surface area contributed by atoms with E-state index < -0.39 is 23.7 Å². The van der Waals surface area contributed by atoms with Crippen LogP contribution in [0.15, 0.2) is 24.7 Å². The standard InChI is InChI=1S/C15H17F3N6O4/c16-15(17,18)11-1-5-24(22-11)9-13(26)20-4-3-19-12(25)2-6-23-8-10(7-21-23)14(27)28/h1,5,7-8H,2-4,6,9H2,(H,19,25)(H,20,26)(H,27,28). The van der Waals surface area contributed by atoms with Gasteiger partial charge in [-0.2, -0.15) is 23.4 Å². The lowest BCUT2D eigenvalue weighted by Crippen LogP contribution is -2.36. The van der Waals surface area contributed by atoms with Crippen molar-refractivity contribution in [2.24, 2.45) is 0 Å². The van der Waals surface area contributed by atoms with Crippen LogP contribution in [-0.4, -0.2) is 55.5 Å². The van der Waals surface area contributed by atoms with E-state index in [-0.39, 0.29) is 44.1 Å². The normalized spacial score (nSPS) is 11.2. The molecule has 152 valence electrons. The Morgan fingerprint density at radius 3 is 2.36 bits per heavy atom.